The molecule has 4 rings (SSSR count). The summed E-state index contributed by atoms with van der Waals surface area (Å²) in [5.41, 5.74) is 1.01. The van der Waals surface area contributed by atoms with Crippen LogP contribution in [0, 0.1) is 11.6 Å². The molecule has 0 atom stereocenters. The number of aromatic nitrogens is 2. The first-order chi connectivity index (χ1) is 23.0. The van der Waals surface area contributed by atoms with E-state index in [1.54, 1.807) is 28.8 Å². The van der Waals surface area contributed by atoms with Gasteiger partial charge in [0.1, 0.15) is 0 Å². The van der Waals surface area contributed by atoms with Crippen molar-refractivity contribution in [1.29, 1.82) is 0 Å². The molecule has 2 aromatic carbocycles. The van der Waals surface area contributed by atoms with Crippen molar-refractivity contribution < 1.29 is 37.4 Å². The van der Waals surface area contributed by atoms with Crippen molar-refractivity contribution >= 4 is 40.9 Å². The summed E-state index contributed by atoms with van der Waals surface area (Å²) >= 11 is 6.43. The van der Waals surface area contributed by atoms with Gasteiger partial charge in [-0.3, -0.25) is 19.2 Å². The minimum Gasteiger partial charge on any atom is -0.494 e. The van der Waals surface area contributed by atoms with Gasteiger partial charge in [0, 0.05) is 56.7 Å². The van der Waals surface area contributed by atoms with Gasteiger partial charge in [0.05, 0.1) is 43.9 Å². The molecule has 258 valence electrons. The maximum absolute atomic E-state index is 14.4. The van der Waals surface area contributed by atoms with Crippen molar-refractivity contribution in [2.24, 2.45) is 0 Å². The Morgan fingerprint density at radius 1 is 1.02 bits per heavy atom. The highest BCUT2D eigenvalue weighted by atomic mass is 35.5. The fourth-order valence-electron chi connectivity index (χ4n) is 4.95. The number of amides is 4. The Kier molecular flexibility index (Phi) is 12.8. The quantitative estimate of drug-likeness (QED) is 0.219. The Bertz CT molecular complexity index is 1630. The van der Waals surface area contributed by atoms with Crippen molar-refractivity contribution in [3.05, 3.63) is 75.8 Å². The molecule has 0 spiro atoms. The minimum atomic E-state index is -1.10. The lowest BCUT2D eigenvalue weighted by molar-refractivity contribution is -0.134. The summed E-state index contributed by atoms with van der Waals surface area (Å²) in [4.78, 5) is 62.1. The number of carbonyl (C=O) groups excluding carboxylic acids is 4. The molecule has 1 saturated heterocycles. The number of anilines is 1. The summed E-state index contributed by atoms with van der Waals surface area (Å²) in [5.74, 6) is -3.50. The molecule has 0 unspecified atom stereocenters. The number of imidazole rings is 1. The van der Waals surface area contributed by atoms with E-state index < -0.39 is 17.5 Å². The highest BCUT2D eigenvalue weighted by molar-refractivity contribution is 6.34. The molecule has 1 aliphatic rings. The van der Waals surface area contributed by atoms with Crippen molar-refractivity contribution in [1.82, 2.24) is 30.0 Å². The van der Waals surface area contributed by atoms with E-state index in [9.17, 15) is 28.0 Å². The summed E-state index contributed by atoms with van der Waals surface area (Å²) in [6.07, 6.45) is 1.51. The van der Waals surface area contributed by atoms with Gasteiger partial charge in [-0.25, -0.2) is 9.37 Å². The lowest BCUT2D eigenvalue weighted by Gasteiger charge is -2.35. The van der Waals surface area contributed by atoms with Crippen LogP contribution in [0.2, 0.25) is 5.02 Å². The number of nitrogens with zero attached hydrogens (tertiary/aromatic N) is 4. The molecule has 48 heavy (non-hydrogen) atoms. The number of benzene rings is 2. The summed E-state index contributed by atoms with van der Waals surface area (Å²) < 4.78 is 38.7. The average Bonchev–Trinajstić information content (AvgIpc) is 3.53. The number of methoxy groups -OCH3 is 1. The van der Waals surface area contributed by atoms with Gasteiger partial charge in [0.2, 0.25) is 17.6 Å². The smallest absolute Gasteiger partial charge is 0.291 e. The molecule has 1 aliphatic heterocycles. The van der Waals surface area contributed by atoms with Gasteiger partial charge in [0.25, 0.3) is 11.8 Å². The van der Waals surface area contributed by atoms with E-state index in [0.717, 1.165) is 0 Å². The number of ether oxygens (including phenoxy) is 2. The van der Waals surface area contributed by atoms with Crippen LogP contribution in [-0.4, -0.2) is 122 Å². The molecular weight excluding hydrogens is 652 g/mol. The van der Waals surface area contributed by atoms with Crippen molar-refractivity contribution in [2.75, 3.05) is 79.0 Å². The lowest BCUT2D eigenvalue weighted by Crippen LogP contribution is -2.50. The van der Waals surface area contributed by atoms with Crippen LogP contribution in [0.4, 0.5) is 14.5 Å². The molecule has 1 fully saturated rings. The first-order valence-electron chi connectivity index (χ1n) is 15.2. The number of rotatable bonds is 14. The number of halogens is 3. The predicted molar refractivity (Wildman–Crippen MR) is 173 cm³/mol. The third-order valence-corrected chi connectivity index (χ3v) is 7.75. The van der Waals surface area contributed by atoms with Gasteiger partial charge in [0.15, 0.2) is 17.4 Å². The molecule has 3 N–H and O–H groups in total. The predicted octanol–water partition coefficient (Wildman–Crippen LogP) is 2.56. The molecule has 0 bridgehead atoms. The number of carbonyl (C=O) groups is 4. The number of piperazine rings is 1. The van der Waals surface area contributed by atoms with Crippen LogP contribution in [0.3, 0.4) is 0 Å². The van der Waals surface area contributed by atoms with Crippen LogP contribution in [0.25, 0.3) is 0 Å². The molecule has 2 heterocycles. The molecule has 4 amide bonds. The van der Waals surface area contributed by atoms with E-state index in [1.165, 1.54) is 43.6 Å². The van der Waals surface area contributed by atoms with Gasteiger partial charge >= 0.3 is 0 Å². The van der Waals surface area contributed by atoms with Gasteiger partial charge < -0.3 is 39.8 Å². The molecular formula is C32H38ClF2N7O6. The molecule has 1 aromatic heterocycles. The Balaban J connectivity index is 1.21. The second-order valence-electron chi connectivity index (χ2n) is 11.3. The highest BCUT2D eigenvalue weighted by Gasteiger charge is 2.26. The van der Waals surface area contributed by atoms with Gasteiger partial charge in [-0.15, -0.1) is 0 Å². The van der Waals surface area contributed by atoms with E-state index in [1.807, 2.05) is 0 Å². The number of likely N-dealkylation sites (N-methyl/N-ethyl adjacent to an activating group) is 1. The van der Waals surface area contributed by atoms with Crippen molar-refractivity contribution in [3.8, 4) is 5.75 Å². The topological polar surface area (TPSA) is 149 Å². The van der Waals surface area contributed by atoms with E-state index in [-0.39, 0.29) is 64.9 Å². The summed E-state index contributed by atoms with van der Waals surface area (Å²) in [7, 11) is 4.85. The average molecular weight is 690 g/mol. The van der Waals surface area contributed by atoms with Crippen molar-refractivity contribution in [3.63, 3.8) is 0 Å². The van der Waals surface area contributed by atoms with Crippen LogP contribution < -0.4 is 15.4 Å². The van der Waals surface area contributed by atoms with Crippen LogP contribution in [0.1, 0.15) is 38.7 Å². The van der Waals surface area contributed by atoms with Crippen LogP contribution in [0.15, 0.2) is 36.5 Å². The fourth-order valence-corrected chi connectivity index (χ4v) is 5.21. The molecule has 16 heteroatoms. The van der Waals surface area contributed by atoms with Gasteiger partial charge in [-0.1, -0.05) is 17.7 Å². The van der Waals surface area contributed by atoms with Gasteiger partial charge in [-0.05, 0) is 43.9 Å². The first kappa shape index (κ1) is 36.2. The Hall–Kier alpha value is -4.60. The van der Waals surface area contributed by atoms with Crippen LogP contribution in [-0.2, 0) is 20.7 Å². The normalized spacial score (nSPS) is 13.1. The third-order valence-electron chi connectivity index (χ3n) is 7.44. The zero-order valence-corrected chi connectivity index (χ0v) is 27.7. The molecule has 3 aromatic rings. The largest absolute Gasteiger partial charge is 0.494 e. The maximum Gasteiger partial charge on any atom is 0.291 e. The molecule has 13 nitrogen and oxygen atoms in total. The lowest BCUT2D eigenvalue weighted by atomic mass is 10.1. The van der Waals surface area contributed by atoms with E-state index in [0.29, 0.717) is 57.3 Å². The Morgan fingerprint density at radius 3 is 2.44 bits per heavy atom. The maximum atomic E-state index is 14.4. The number of hydrogen-bond acceptors (Lipinski definition) is 8. The SMILES string of the molecule is COc1ccc(Cc2cnc(C(=O)Nc3ccc(C(=O)N4CCN(C(=O)CCOCCNC(=O)CN(C)C)CC4)c(Cl)c3)[nH]2)c(F)c1F. The van der Waals surface area contributed by atoms with Crippen molar-refractivity contribution in [2.45, 2.75) is 12.8 Å². The minimum absolute atomic E-state index is 0.0355. The Labute approximate surface area is 281 Å². The third kappa shape index (κ3) is 9.71. The molecule has 0 saturated carbocycles. The number of hydrogen-bond donors (Lipinski definition) is 3. The summed E-state index contributed by atoms with van der Waals surface area (Å²) in [6, 6.07) is 7.19. The summed E-state index contributed by atoms with van der Waals surface area (Å²) in [6.45, 7) is 2.57. The molecule has 0 aliphatic carbocycles. The first-order valence-corrected chi connectivity index (χ1v) is 15.6. The Morgan fingerprint density at radius 2 is 1.75 bits per heavy atom. The number of H-pyrrole nitrogens is 1. The number of aromatic amines is 1. The number of nitrogens with one attached hydrogen (secondary N) is 3. The second kappa shape index (κ2) is 17.0. The standard InChI is InChI=1S/C32H38ClF2N7O6/c1-40(2)19-26(43)36-9-15-48-14-8-27(44)41-10-12-42(13-11-41)32(46)23-6-5-21(17-24(23)33)39-31(45)30-37-18-22(38-30)16-20-4-7-25(47-3)29(35)28(20)34/h4-7,17-18H,8-16,19H2,1-3H3,(H,36,43)(H,37,38)(H,39,45). The zero-order chi connectivity index (χ0) is 34.8. The van der Waals surface area contributed by atoms with E-state index in [4.69, 9.17) is 21.1 Å². The van der Waals surface area contributed by atoms with Gasteiger partial charge in [-0.2, -0.15) is 4.39 Å². The fraction of sp³-hybridized carbons (Fsp3) is 0.406. The molecule has 0 radical (unpaired) electrons. The zero-order valence-electron chi connectivity index (χ0n) is 26.9. The van der Waals surface area contributed by atoms with E-state index in [2.05, 4.69) is 20.6 Å². The highest BCUT2D eigenvalue weighted by Crippen LogP contribution is 2.25. The van der Waals surface area contributed by atoms with Crippen LogP contribution >= 0.6 is 11.6 Å². The monoisotopic (exact) mass is 689 g/mol. The summed E-state index contributed by atoms with van der Waals surface area (Å²) in [5, 5.41) is 5.51. The van der Waals surface area contributed by atoms with E-state index >= 15 is 0 Å². The van der Waals surface area contributed by atoms with Crippen LogP contribution in [0.5, 0.6) is 5.75 Å². The second-order valence-corrected chi connectivity index (χ2v) is 11.7.